The van der Waals surface area contributed by atoms with Crippen molar-refractivity contribution >= 4 is 22.2 Å². The highest BCUT2D eigenvalue weighted by Gasteiger charge is 2.27. The van der Waals surface area contributed by atoms with Gasteiger partial charge < -0.3 is 15.1 Å². The van der Waals surface area contributed by atoms with E-state index in [2.05, 4.69) is 25.2 Å². The Morgan fingerprint density at radius 2 is 2.04 bits per heavy atom. The Hall–Kier alpha value is -1.42. The number of anilines is 1. The van der Waals surface area contributed by atoms with Crippen LogP contribution in [-0.2, 0) is 17.6 Å². The molecule has 130 valence electrons. The Bertz CT molecular complexity index is 640. The Morgan fingerprint density at radius 1 is 1.33 bits per heavy atom. The van der Waals surface area contributed by atoms with E-state index in [1.165, 1.54) is 21.9 Å². The minimum Gasteiger partial charge on any atom is -0.326 e. The third kappa shape index (κ3) is 3.80. The maximum absolute atomic E-state index is 12.4. The summed E-state index contributed by atoms with van der Waals surface area (Å²) in [5, 5.41) is 13.3. The van der Waals surface area contributed by atoms with Crippen LogP contribution in [0.4, 0.5) is 5.00 Å². The van der Waals surface area contributed by atoms with Gasteiger partial charge in [0, 0.05) is 4.88 Å². The predicted molar refractivity (Wildman–Crippen MR) is 95.7 cm³/mol. The zero-order valence-corrected chi connectivity index (χ0v) is 15.5. The predicted octanol–water partition coefficient (Wildman–Crippen LogP) is -0.514. The number of nitrogens with one attached hydrogen (secondary N) is 3. The number of rotatable bonds is 4. The first-order valence-corrected chi connectivity index (χ1v) is 9.94. The standard InChI is InChI=1S/C18H26N4OS/c1-3-21-6-8-22(9-7-21)12-17(23)20-18-15(11-19)14-5-4-13(2)10-16(14)24-18/h13H,3-10,12H2,1-2H3,(H,20,23)/p+2/t13-/m1/s1. The number of nitrogens with zero attached hydrogens (tertiary/aromatic N) is 1. The number of quaternary nitrogens is 2. The Labute approximate surface area is 148 Å². The van der Waals surface area contributed by atoms with Crippen LogP contribution in [0.3, 0.4) is 0 Å². The van der Waals surface area contributed by atoms with Gasteiger partial charge in [0.1, 0.15) is 37.2 Å². The summed E-state index contributed by atoms with van der Waals surface area (Å²) in [5.74, 6) is 0.723. The maximum Gasteiger partial charge on any atom is 0.280 e. The molecule has 0 bridgehead atoms. The smallest absolute Gasteiger partial charge is 0.280 e. The molecule has 1 saturated heterocycles. The van der Waals surface area contributed by atoms with Crippen LogP contribution >= 0.6 is 11.3 Å². The van der Waals surface area contributed by atoms with Gasteiger partial charge in [0.25, 0.3) is 5.91 Å². The largest absolute Gasteiger partial charge is 0.326 e. The summed E-state index contributed by atoms with van der Waals surface area (Å²) in [7, 11) is 0. The summed E-state index contributed by atoms with van der Waals surface area (Å²) in [6.07, 6.45) is 3.15. The quantitative estimate of drug-likeness (QED) is 0.686. The number of carbonyl (C=O) groups excluding carboxylic acids is 1. The summed E-state index contributed by atoms with van der Waals surface area (Å²) in [5.41, 5.74) is 1.90. The monoisotopic (exact) mass is 348 g/mol. The average molecular weight is 349 g/mol. The topological polar surface area (TPSA) is 61.8 Å². The zero-order valence-electron chi connectivity index (χ0n) is 14.7. The summed E-state index contributed by atoms with van der Waals surface area (Å²) in [6.45, 7) is 10.6. The van der Waals surface area contributed by atoms with Crippen LogP contribution in [0.5, 0.6) is 0 Å². The summed E-state index contributed by atoms with van der Waals surface area (Å²) < 4.78 is 0. The molecule has 1 amide bonds. The van der Waals surface area contributed by atoms with Gasteiger partial charge in [0.15, 0.2) is 6.54 Å². The van der Waals surface area contributed by atoms with Crippen molar-refractivity contribution in [2.24, 2.45) is 5.92 Å². The summed E-state index contributed by atoms with van der Waals surface area (Å²) in [6, 6.07) is 2.33. The lowest BCUT2D eigenvalue weighted by molar-refractivity contribution is -1.01. The normalized spacial score (nSPS) is 26.5. The second kappa shape index (κ2) is 7.64. The molecule has 1 aromatic rings. The van der Waals surface area contributed by atoms with Crippen LogP contribution in [0.15, 0.2) is 0 Å². The Morgan fingerprint density at radius 3 is 2.71 bits per heavy atom. The van der Waals surface area contributed by atoms with E-state index in [9.17, 15) is 10.1 Å². The molecule has 24 heavy (non-hydrogen) atoms. The van der Waals surface area contributed by atoms with E-state index in [1.807, 2.05) is 0 Å². The van der Waals surface area contributed by atoms with Gasteiger partial charge in [0.05, 0.1) is 12.1 Å². The van der Waals surface area contributed by atoms with Crippen LogP contribution in [0.1, 0.15) is 36.3 Å². The molecular formula is C18H28N4OS+2. The van der Waals surface area contributed by atoms with Gasteiger partial charge in [-0.3, -0.25) is 4.79 Å². The molecule has 2 heterocycles. The van der Waals surface area contributed by atoms with Crippen molar-refractivity contribution in [2.45, 2.75) is 33.1 Å². The second-order valence-electron chi connectivity index (χ2n) is 7.25. The maximum atomic E-state index is 12.4. The first-order valence-electron chi connectivity index (χ1n) is 9.12. The van der Waals surface area contributed by atoms with Gasteiger partial charge in [-0.05, 0) is 37.7 Å². The summed E-state index contributed by atoms with van der Waals surface area (Å²) >= 11 is 1.62. The molecule has 0 spiro atoms. The van der Waals surface area contributed by atoms with E-state index in [-0.39, 0.29) is 5.91 Å². The first kappa shape index (κ1) is 17.4. The lowest BCUT2D eigenvalue weighted by atomic mass is 9.89. The van der Waals surface area contributed by atoms with Crippen molar-refractivity contribution in [1.29, 1.82) is 5.26 Å². The fourth-order valence-electron chi connectivity index (χ4n) is 3.84. The average Bonchev–Trinajstić information content (AvgIpc) is 2.91. The van der Waals surface area contributed by atoms with Crippen LogP contribution in [0, 0.1) is 17.2 Å². The van der Waals surface area contributed by atoms with Gasteiger partial charge >= 0.3 is 0 Å². The van der Waals surface area contributed by atoms with Crippen molar-refractivity contribution in [2.75, 3.05) is 44.6 Å². The molecule has 2 aliphatic rings. The molecule has 3 N–H and O–H groups in total. The number of hydrogen-bond acceptors (Lipinski definition) is 3. The number of piperazine rings is 1. The highest BCUT2D eigenvalue weighted by Crippen LogP contribution is 2.39. The molecule has 0 radical (unpaired) electrons. The molecule has 0 unspecified atom stereocenters. The molecule has 1 aliphatic heterocycles. The molecule has 0 saturated carbocycles. The highest BCUT2D eigenvalue weighted by molar-refractivity contribution is 7.16. The van der Waals surface area contributed by atoms with Crippen LogP contribution in [0.2, 0.25) is 0 Å². The highest BCUT2D eigenvalue weighted by atomic mass is 32.1. The third-order valence-electron chi connectivity index (χ3n) is 5.45. The van der Waals surface area contributed by atoms with Crippen molar-refractivity contribution < 1.29 is 14.6 Å². The van der Waals surface area contributed by atoms with Crippen LogP contribution in [-0.4, -0.2) is 45.2 Å². The van der Waals surface area contributed by atoms with Gasteiger partial charge in [-0.1, -0.05) is 6.92 Å². The number of carbonyl (C=O) groups is 1. The fraction of sp³-hybridized carbons (Fsp3) is 0.667. The van der Waals surface area contributed by atoms with Gasteiger partial charge in [-0.15, -0.1) is 11.3 Å². The SMILES string of the molecule is CC[NH+]1CC[NH+](CC(=O)Nc2sc3c(c2C#N)CC[C@@H](C)C3)CC1. The van der Waals surface area contributed by atoms with Gasteiger partial charge in [0.2, 0.25) is 0 Å². The van der Waals surface area contributed by atoms with E-state index in [0.717, 1.165) is 50.4 Å². The van der Waals surface area contributed by atoms with E-state index in [4.69, 9.17) is 0 Å². The first-order chi connectivity index (χ1) is 11.6. The molecule has 3 rings (SSSR count). The van der Waals surface area contributed by atoms with E-state index >= 15 is 0 Å². The van der Waals surface area contributed by atoms with E-state index < -0.39 is 0 Å². The molecule has 1 fully saturated rings. The molecular weight excluding hydrogens is 320 g/mol. The molecule has 5 nitrogen and oxygen atoms in total. The third-order valence-corrected chi connectivity index (χ3v) is 6.62. The number of fused-ring (bicyclic) bond motifs is 1. The van der Waals surface area contributed by atoms with E-state index in [0.29, 0.717) is 18.0 Å². The fourth-order valence-corrected chi connectivity index (χ4v) is 5.22. The Balaban J connectivity index is 1.62. The lowest BCUT2D eigenvalue weighted by Gasteiger charge is -2.28. The molecule has 1 aromatic heterocycles. The number of nitriles is 1. The number of hydrogen-bond donors (Lipinski definition) is 3. The number of amides is 1. The van der Waals surface area contributed by atoms with Crippen molar-refractivity contribution in [1.82, 2.24) is 0 Å². The van der Waals surface area contributed by atoms with Crippen LogP contribution < -0.4 is 15.1 Å². The van der Waals surface area contributed by atoms with Crippen molar-refractivity contribution in [3.63, 3.8) is 0 Å². The minimum absolute atomic E-state index is 0.0492. The number of thiophene rings is 1. The Kier molecular flexibility index (Phi) is 5.54. The molecule has 1 atom stereocenters. The van der Waals surface area contributed by atoms with Crippen LogP contribution in [0.25, 0.3) is 0 Å². The lowest BCUT2D eigenvalue weighted by Crippen LogP contribution is -3.28. The molecule has 6 heteroatoms. The minimum atomic E-state index is 0.0492. The van der Waals surface area contributed by atoms with Gasteiger partial charge in [-0.25, -0.2) is 0 Å². The van der Waals surface area contributed by atoms with Crippen molar-refractivity contribution in [3.8, 4) is 6.07 Å². The molecule has 0 aromatic carbocycles. The second-order valence-corrected chi connectivity index (χ2v) is 8.35. The molecule has 1 aliphatic carbocycles. The van der Waals surface area contributed by atoms with Crippen molar-refractivity contribution in [3.05, 3.63) is 16.0 Å². The zero-order chi connectivity index (χ0) is 17.1. The van der Waals surface area contributed by atoms with Gasteiger partial charge in [-0.2, -0.15) is 5.26 Å². The van der Waals surface area contributed by atoms with E-state index in [1.54, 1.807) is 16.2 Å². The number of likely N-dealkylation sites (N-methyl/N-ethyl adjacent to an activating group) is 1. The summed E-state index contributed by atoms with van der Waals surface area (Å²) in [4.78, 5) is 16.7.